The smallest absolute Gasteiger partial charge is 0.266 e. The van der Waals surface area contributed by atoms with Gasteiger partial charge in [0.25, 0.3) is 10.1 Å². The number of hydrogen-bond acceptors (Lipinski definition) is 8. The van der Waals surface area contributed by atoms with Crippen LogP contribution in [0.5, 0.6) is 0 Å². The third-order valence-electron chi connectivity index (χ3n) is 9.03. The molecule has 3 saturated carbocycles. The van der Waals surface area contributed by atoms with Gasteiger partial charge < -0.3 is 21.1 Å². The lowest BCUT2D eigenvalue weighted by atomic mass is 9.45. The third kappa shape index (κ3) is 4.46. The molecule has 0 unspecified atom stereocenters. The van der Waals surface area contributed by atoms with Crippen LogP contribution in [-0.4, -0.2) is 70.5 Å². The molecule has 0 aliphatic heterocycles. The summed E-state index contributed by atoms with van der Waals surface area (Å²) in [6, 6.07) is 0. The molecule has 10 heteroatoms. The van der Waals surface area contributed by atoms with E-state index in [1.54, 1.807) is 6.08 Å². The Balaban J connectivity index is 0.000000383. The molecule has 0 amide bonds. The van der Waals surface area contributed by atoms with Gasteiger partial charge in [-0.3, -0.25) is 14.1 Å². The summed E-state index contributed by atoms with van der Waals surface area (Å²) in [6.07, 6.45) is 5.74. The summed E-state index contributed by atoms with van der Waals surface area (Å²) in [4.78, 5) is 24.3. The van der Waals surface area contributed by atoms with Gasteiger partial charge in [-0.05, 0) is 67.8 Å². The van der Waals surface area contributed by atoms with Gasteiger partial charge in [0.1, 0.15) is 12.2 Å². The number of allylic oxidation sites excluding steroid dienone is 1. The monoisotopic (exact) mass is 487 g/mol. The van der Waals surface area contributed by atoms with Crippen molar-refractivity contribution in [1.82, 2.24) is 0 Å². The molecular weight excluding hydrogens is 450 g/mol. The van der Waals surface area contributed by atoms with E-state index in [4.69, 9.17) is 10.3 Å². The Morgan fingerprint density at radius 1 is 1.21 bits per heavy atom. The summed E-state index contributed by atoms with van der Waals surface area (Å²) < 4.78 is 27.3. The van der Waals surface area contributed by atoms with Crippen LogP contribution < -0.4 is 5.73 Å². The second-order valence-electron chi connectivity index (χ2n) is 10.6. The summed E-state index contributed by atoms with van der Waals surface area (Å²) in [5.41, 5.74) is 3.54. The van der Waals surface area contributed by atoms with Gasteiger partial charge in [0.2, 0.25) is 0 Å². The number of ketones is 2. The van der Waals surface area contributed by atoms with Gasteiger partial charge in [-0.1, -0.05) is 19.4 Å². The van der Waals surface area contributed by atoms with Crippen LogP contribution in [0.15, 0.2) is 11.6 Å². The van der Waals surface area contributed by atoms with Crippen molar-refractivity contribution in [3.8, 4) is 0 Å². The molecule has 0 saturated heterocycles. The Kier molecular flexibility index (Phi) is 7.31. The predicted octanol–water partition coefficient (Wildman–Crippen LogP) is 0.615. The molecule has 6 N–H and O–H groups in total. The Morgan fingerprint density at radius 3 is 2.42 bits per heavy atom. The number of carbonyl (C=O) groups is 2. The van der Waals surface area contributed by atoms with E-state index in [-0.39, 0.29) is 41.2 Å². The van der Waals surface area contributed by atoms with Crippen LogP contribution in [0, 0.1) is 28.6 Å². The zero-order chi connectivity index (χ0) is 24.8. The normalized spacial score (nSPS) is 42.3. The predicted molar refractivity (Wildman–Crippen MR) is 121 cm³/mol. The first-order valence-corrected chi connectivity index (χ1v) is 13.3. The largest absolute Gasteiger partial charge is 0.393 e. The van der Waals surface area contributed by atoms with Gasteiger partial charge in [0.15, 0.2) is 11.6 Å². The van der Waals surface area contributed by atoms with Crippen LogP contribution in [0.4, 0.5) is 0 Å². The number of aliphatic hydroxyl groups is 3. The molecule has 0 spiro atoms. The lowest BCUT2D eigenvalue weighted by Gasteiger charge is -2.60. The highest BCUT2D eigenvalue weighted by molar-refractivity contribution is 7.85. The fourth-order valence-corrected chi connectivity index (χ4v) is 7.73. The minimum Gasteiger partial charge on any atom is -0.393 e. The van der Waals surface area contributed by atoms with Gasteiger partial charge in [0, 0.05) is 18.4 Å². The molecule has 0 aromatic rings. The second-order valence-corrected chi connectivity index (χ2v) is 12.2. The number of fused-ring (bicyclic) bond motifs is 5. The molecule has 0 aromatic heterocycles. The van der Waals surface area contributed by atoms with Gasteiger partial charge in [0.05, 0.1) is 11.9 Å². The summed E-state index contributed by atoms with van der Waals surface area (Å²) in [5.74, 6) is -0.214. The molecule has 0 aromatic carbocycles. The van der Waals surface area contributed by atoms with E-state index in [1.807, 2.05) is 6.92 Å². The molecule has 4 aliphatic rings. The van der Waals surface area contributed by atoms with Crippen LogP contribution in [0.1, 0.15) is 58.8 Å². The summed E-state index contributed by atoms with van der Waals surface area (Å²) >= 11 is 0. The number of carbonyl (C=O) groups excluding carboxylic acids is 2. The van der Waals surface area contributed by atoms with Crippen molar-refractivity contribution < 1.29 is 37.9 Å². The molecule has 7 atom stereocenters. The minimum atomic E-state index is -3.80. The molecule has 0 bridgehead atoms. The van der Waals surface area contributed by atoms with Crippen molar-refractivity contribution in [2.75, 3.05) is 18.9 Å². The number of hydrogen-bond donors (Lipinski definition) is 5. The van der Waals surface area contributed by atoms with Gasteiger partial charge in [-0.15, -0.1) is 0 Å². The first-order chi connectivity index (χ1) is 15.2. The van der Waals surface area contributed by atoms with Crippen molar-refractivity contribution in [2.24, 2.45) is 34.3 Å². The summed E-state index contributed by atoms with van der Waals surface area (Å²) in [6.45, 7) is 3.43. The molecule has 4 rings (SSSR count). The van der Waals surface area contributed by atoms with E-state index >= 15 is 0 Å². The highest BCUT2D eigenvalue weighted by Crippen LogP contribution is 2.67. The Hall–Kier alpha value is -1.17. The van der Waals surface area contributed by atoms with E-state index in [9.17, 15) is 33.3 Å². The van der Waals surface area contributed by atoms with Crippen LogP contribution in [-0.2, 0) is 19.7 Å². The highest BCUT2D eigenvalue weighted by Gasteiger charge is 2.68. The maximum atomic E-state index is 12.4. The van der Waals surface area contributed by atoms with Gasteiger partial charge in [-0.25, -0.2) is 0 Å². The molecule has 9 nitrogen and oxygen atoms in total. The fourth-order valence-electron chi connectivity index (χ4n) is 7.43. The topological polar surface area (TPSA) is 175 Å². The van der Waals surface area contributed by atoms with E-state index in [0.717, 1.165) is 25.7 Å². The van der Waals surface area contributed by atoms with E-state index in [2.05, 4.69) is 6.92 Å². The zero-order valence-electron chi connectivity index (χ0n) is 19.4. The van der Waals surface area contributed by atoms with Crippen LogP contribution in [0.25, 0.3) is 0 Å². The van der Waals surface area contributed by atoms with Crippen molar-refractivity contribution in [1.29, 1.82) is 0 Å². The third-order valence-corrected chi connectivity index (χ3v) is 9.78. The average molecular weight is 488 g/mol. The van der Waals surface area contributed by atoms with Gasteiger partial charge in [-0.2, -0.15) is 8.42 Å². The average Bonchev–Trinajstić information content (AvgIpc) is 2.98. The lowest BCUT2D eigenvalue weighted by molar-refractivity contribution is -0.182. The van der Waals surface area contributed by atoms with Crippen LogP contribution in [0.2, 0.25) is 0 Å². The van der Waals surface area contributed by atoms with E-state index < -0.39 is 39.6 Å². The Morgan fingerprint density at radius 2 is 1.88 bits per heavy atom. The quantitative estimate of drug-likeness (QED) is 0.356. The SMILES string of the molecule is C[C@]12CCC(=O)C=C1CC[C@@H]1[C@@H]2[C@@H](O)C[C@@]2(C)[C@H]1CC[C@]2(O)C(=O)CO.NCCS(=O)(=O)O. The standard InChI is InChI=1S/C21H30O5.C2H7NO3S/c1-19-7-5-13(23)9-12(19)3-4-14-15-6-8-21(26,17(25)11-22)20(15,2)10-16(24)18(14)19;3-1-2-7(4,5)6/h9,14-16,18,22,24,26H,3-8,10-11H2,1-2H3;1-3H2,(H,4,5,6)/t14-,15-,16-,18+,19-,20-,21-;/m0./s1. The molecule has 33 heavy (non-hydrogen) atoms. The number of Topliss-reactive ketones (excluding diaryl/α,β-unsaturated/α-hetero) is 1. The van der Waals surface area contributed by atoms with E-state index in [1.165, 1.54) is 5.57 Å². The molecule has 4 aliphatic carbocycles. The number of aliphatic hydroxyl groups excluding tert-OH is 2. The van der Waals surface area contributed by atoms with Crippen molar-refractivity contribution in [3.05, 3.63) is 11.6 Å². The van der Waals surface area contributed by atoms with Gasteiger partial charge >= 0.3 is 0 Å². The lowest BCUT2D eigenvalue weighted by Crippen LogP contribution is -2.62. The highest BCUT2D eigenvalue weighted by atomic mass is 32.2. The summed E-state index contributed by atoms with van der Waals surface area (Å²) in [5, 5.41) is 31.7. The zero-order valence-corrected chi connectivity index (χ0v) is 20.2. The van der Waals surface area contributed by atoms with Crippen molar-refractivity contribution in [3.63, 3.8) is 0 Å². The molecule has 188 valence electrons. The number of nitrogens with two attached hydrogens (primary N) is 1. The minimum absolute atomic E-state index is 0.0289. The van der Waals surface area contributed by atoms with E-state index in [0.29, 0.717) is 19.3 Å². The molecule has 0 radical (unpaired) electrons. The molecule has 3 fully saturated rings. The Bertz CT molecular complexity index is 933. The van der Waals surface area contributed by atoms with Crippen molar-refractivity contribution >= 4 is 21.7 Å². The second kappa shape index (κ2) is 9.13. The van der Waals surface area contributed by atoms with Crippen LogP contribution in [0.3, 0.4) is 0 Å². The Labute approximate surface area is 195 Å². The number of rotatable bonds is 4. The first kappa shape index (κ1) is 26.4. The maximum Gasteiger partial charge on any atom is 0.266 e. The summed E-state index contributed by atoms with van der Waals surface area (Å²) in [7, 11) is -3.80. The van der Waals surface area contributed by atoms with Crippen LogP contribution >= 0.6 is 0 Å². The molecular formula is C23H37NO8S. The first-order valence-electron chi connectivity index (χ1n) is 11.7. The molecule has 0 heterocycles. The fraction of sp³-hybridized carbons (Fsp3) is 0.826. The van der Waals surface area contributed by atoms with Crippen molar-refractivity contribution in [2.45, 2.75) is 70.5 Å². The maximum absolute atomic E-state index is 12.4.